The second kappa shape index (κ2) is 7.70. The first-order valence-corrected chi connectivity index (χ1v) is 13.3. The van der Waals surface area contributed by atoms with Gasteiger partial charge >= 0.3 is 0 Å². The molecule has 0 bridgehead atoms. The van der Waals surface area contributed by atoms with Crippen LogP contribution in [0.25, 0.3) is 0 Å². The van der Waals surface area contributed by atoms with Crippen LogP contribution in [0.3, 0.4) is 0 Å². The summed E-state index contributed by atoms with van der Waals surface area (Å²) in [4.78, 5) is 0. The van der Waals surface area contributed by atoms with Gasteiger partial charge < -0.3 is 0 Å². The molecule has 13 atom stereocenters. The Morgan fingerprint density at radius 2 is 1.55 bits per heavy atom. The highest BCUT2D eigenvalue weighted by molar-refractivity contribution is 5.23. The molecule has 4 aliphatic carbocycles. The third-order valence-corrected chi connectivity index (χ3v) is 11.2. The highest BCUT2D eigenvalue weighted by Crippen LogP contribution is 2.79. The van der Waals surface area contributed by atoms with Crippen LogP contribution in [0, 0.1) is 76.4 Å². The van der Waals surface area contributed by atoms with Gasteiger partial charge in [0.1, 0.15) is 0 Å². The molecule has 0 aromatic rings. The van der Waals surface area contributed by atoms with Gasteiger partial charge in [-0.25, -0.2) is 0 Å². The zero-order valence-corrected chi connectivity index (χ0v) is 20.9. The van der Waals surface area contributed by atoms with Crippen LogP contribution in [0.1, 0.15) is 93.9 Å². The van der Waals surface area contributed by atoms with Crippen molar-refractivity contribution >= 4 is 0 Å². The Labute approximate surface area is 182 Å². The summed E-state index contributed by atoms with van der Waals surface area (Å²) in [5.74, 6) is 11.8. The highest BCUT2D eigenvalue weighted by atomic mass is 14.8. The standard InChI is InChI=1S/C29H50/c1-10-11-17(4)23-13-24(23)19(6)20(7)25-14-26(25)21(8)28-22(9)29(28)15-18(5)27(29)12-16(2)3/h17-28H,2,10-15H2,1,3-9H3. The first kappa shape index (κ1) is 22.0. The summed E-state index contributed by atoms with van der Waals surface area (Å²) >= 11 is 0. The third-order valence-electron chi connectivity index (χ3n) is 11.2. The van der Waals surface area contributed by atoms with E-state index in [2.05, 4.69) is 62.0 Å². The van der Waals surface area contributed by atoms with E-state index in [-0.39, 0.29) is 0 Å². The summed E-state index contributed by atoms with van der Waals surface area (Å²) in [7, 11) is 0. The molecule has 0 aromatic heterocycles. The van der Waals surface area contributed by atoms with Crippen LogP contribution in [-0.4, -0.2) is 0 Å². The molecular formula is C29H50. The third kappa shape index (κ3) is 3.57. The van der Waals surface area contributed by atoms with Crippen molar-refractivity contribution in [2.45, 2.75) is 93.9 Å². The van der Waals surface area contributed by atoms with Crippen molar-refractivity contribution < 1.29 is 0 Å². The molecule has 0 aromatic carbocycles. The summed E-state index contributed by atoms with van der Waals surface area (Å²) < 4.78 is 0. The average molecular weight is 399 g/mol. The highest BCUT2D eigenvalue weighted by Gasteiger charge is 2.74. The average Bonchev–Trinajstić information content (AvgIpc) is 3.55. The SMILES string of the molecule is C=C(C)CC1C(C)CC12C(C)C2C(C)C1CC1C(C)C(C)C1CC1C(C)CCC. The maximum absolute atomic E-state index is 4.25. The molecule has 0 saturated heterocycles. The van der Waals surface area contributed by atoms with E-state index in [0.29, 0.717) is 5.41 Å². The lowest BCUT2D eigenvalue weighted by Gasteiger charge is -2.47. The van der Waals surface area contributed by atoms with Crippen LogP contribution in [0.2, 0.25) is 0 Å². The topological polar surface area (TPSA) is 0 Å². The van der Waals surface area contributed by atoms with Crippen molar-refractivity contribution in [3.05, 3.63) is 12.2 Å². The predicted octanol–water partition coefficient (Wildman–Crippen LogP) is 8.48. The maximum atomic E-state index is 4.25. The van der Waals surface area contributed by atoms with Crippen molar-refractivity contribution in [3.63, 3.8) is 0 Å². The van der Waals surface area contributed by atoms with E-state index in [9.17, 15) is 0 Å². The minimum Gasteiger partial charge on any atom is -0.100 e. The molecule has 4 aliphatic rings. The molecule has 166 valence electrons. The fourth-order valence-electron chi connectivity index (χ4n) is 9.19. The van der Waals surface area contributed by atoms with Crippen molar-refractivity contribution in [2.75, 3.05) is 0 Å². The summed E-state index contributed by atoms with van der Waals surface area (Å²) in [6, 6.07) is 0. The molecule has 0 heterocycles. The van der Waals surface area contributed by atoms with Crippen LogP contribution in [0.4, 0.5) is 0 Å². The molecule has 0 radical (unpaired) electrons. The lowest BCUT2D eigenvalue weighted by atomic mass is 9.58. The molecule has 4 saturated carbocycles. The minimum absolute atomic E-state index is 0.705. The van der Waals surface area contributed by atoms with E-state index in [0.717, 1.165) is 71.0 Å². The molecule has 1 spiro atoms. The molecule has 0 nitrogen and oxygen atoms in total. The van der Waals surface area contributed by atoms with Crippen molar-refractivity contribution in [1.82, 2.24) is 0 Å². The van der Waals surface area contributed by atoms with Crippen molar-refractivity contribution in [1.29, 1.82) is 0 Å². The van der Waals surface area contributed by atoms with Gasteiger partial charge in [-0.05, 0) is 109 Å². The molecular weight excluding hydrogens is 348 g/mol. The second-order valence-electron chi connectivity index (χ2n) is 12.8. The summed E-state index contributed by atoms with van der Waals surface area (Å²) in [6.07, 6.45) is 8.66. The monoisotopic (exact) mass is 398 g/mol. The van der Waals surface area contributed by atoms with Crippen LogP contribution in [0.5, 0.6) is 0 Å². The molecule has 0 N–H and O–H groups in total. The zero-order chi connectivity index (χ0) is 21.2. The van der Waals surface area contributed by atoms with Gasteiger partial charge in [-0.1, -0.05) is 66.9 Å². The molecule has 4 rings (SSSR count). The number of hydrogen-bond donors (Lipinski definition) is 0. The Kier molecular flexibility index (Phi) is 5.83. The van der Waals surface area contributed by atoms with Gasteiger partial charge in [0.2, 0.25) is 0 Å². The molecule has 4 fully saturated rings. The maximum Gasteiger partial charge on any atom is -0.0199 e. The van der Waals surface area contributed by atoms with Crippen LogP contribution in [0.15, 0.2) is 12.2 Å². The minimum atomic E-state index is 0.705. The van der Waals surface area contributed by atoms with Crippen LogP contribution < -0.4 is 0 Å². The Morgan fingerprint density at radius 3 is 2.10 bits per heavy atom. The smallest absolute Gasteiger partial charge is 0.0199 e. The quantitative estimate of drug-likeness (QED) is 0.324. The van der Waals surface area contributed by atoms with E-state index >= 15 is 0 Å². The van der Waals surface area contributed by atoms with Gasteiger partial charge in [-0.2, -0.15) is 0 Å². The number of rotatable bonds is 10. The van der Waals surface area contributed by atoms with Crippen molar-refractivity contribution in [2.24, 2.45) is 76.4 Å². The van der Waals surface area contributed by atoms with Gasteiger partial charge in [-0.3, -0.25) is 0 Å². The Bertz CT molecular complexity index is 618. The predicted molar refractivity (Wildman–Crippen MR) is 127 cm³/mol. The van der Waals surface area contributed by atoms with Gasteiger partial charge in [-0.15, -0.1) is 6.58 Å². The van der Waals surface area contributed by atoms with E-state index in [4.69, 9.17) is 0 Å². The largest absolute Gasteiger partial charge is 0.100 e. The first-order chi connectivity index (χ1) is 13.6. The summed E-state index contributed by atoms with van der Waals surface area (Å²) in [5, 5.41) is 0. The molecule has 29 heavy (non-hydrogen) atoms. The van der Waals surface area contributed by atoms with E-state index < -0.39 is 0 Å². The summed E-state index contributed by atoms with van der Waals surface area (Å²) in [6.45, 7) is 24.3. The van der Waals surface area contributed by atoms with Gasteiger partial charge in [0, 0.05) is 0 Å². The lowest BCUT2D eigenvalue weighted by Crippen LogP contribution is -2.40. The molecule has 0 amide bonds. The fraction of sp³-hybridized carbons (Fsp3) is 0.931. The second-order valence-corrected chi connectivity index (χ2v) is 12.8. The van der Waals surface area contributed by atoms with E-state index in [1.54, 1.807) is 0 Å². The van der Waals surface area contributed by atoms with E-state index in [1.807, 2.05) is 0 Å². The molecule has 0 heteroatoms. The molecule has 13 unspecified atom stereocenters. The zero-order valence-electron chi connectivity index (χ0n) is 20.9. The number of allylic oxidation sites excluding steroid dienone is 1. The van der Waals surface area contributed by atoms with E-state index in [1.165, 1.54) is 44.1 Å². The normalized spacial score (nSPS) is 49.1. The molecule has 0 aliphatic heterocycles. The van der Waals surface area contributed by atoms with Crippen LogP contribution >= 0.6 is 0 Å². The van der Waals surface area contributed by atoms with Gasteiger partial charge in [0.15, 0.2) is 0 Å². The number of hydrogen-bond acceptors (Lipinski definition) is 0. The Hall–Kier alpha value is -0.260. The Morgan fingerprint density at radius 1 is 0.966 bits per heavy atom. The lowest BCUT2D eigenvalue weighted by molar-refractivity contribution is 0.0275. The van der Waals surface area contributed by atoms with Crippen LogP contribution in [-0.2, 0) is 0 Å². The fourth-order valence-corrected chi connectivity index (χ4v) is 9.19. The van der Waals surface area contributed by atoms with Crippen molar-refractivity contribution in [3.8, 4) is 0 Å². The summed E-state index contributed by atoms with van der Waals surface area (Å²) in [5.41, 5.74) is 2.12. The van der Waals surface area contributed by atoms with Gasteiger partial charge in [0.05, 0.1) is 0 Å². The van der Waals surface area contributed by atoms with Gasteiger partial charge in [0.25, 0.3) is 0 Å². The Balaban J connectivity index is 1.31. The first-order valence-electron chi connectivity index (χ1n) is 13.3.